The molecule has 0 aliphatic carbocycles. The van der Waals surface area contributed by atoms with Gasteiger partial charge in [0.25, 0.3) is 5.89 Å². The lowest BCUT2D eigenvalue weighted by molar-refractivity contribution is -0.137. The summed E-state index contributed by atoms with van der Waals surface area (Å²) in [4.78, 5) is 15.5. The lowest BCUT2D eigenvalue weighted by atomic mass is 10.3. The van der Waals surface area contributed by atoms with Gasteiger partial charge in [-0.3, -0.25) is 4.79 Å². The second-order valence-electron chi connectivity index (χ2n) is 3.67. The van der Waals surface area contributed by atoms with Crippen LogP contribution in [-0.4, -0.2) is 27.8 Å². The zero-order valence-electron chi connectivity index (χ0n) is 9.63. The van der Waals surface area contributed by atoms with Crippen LogP contribution in [-0.2, 0) is 11.3 Å². The summed E-state index contributed by atoms with van der Waals surface area (Å²) in [6.07, 6.45) is 0.755. The summed E-state index contributed by atoms with van der Waals surface area (Å²) in [7, 11) is 0. The topological polar surface area (TPSA) is 88.2 Å². The highest BCUT2D eigenvalue weighted by Gasteiger charge is 2.08. The Bertz CT molecular complexity index is 495. The average Bonchev–Trinajstić information content (AvgIpc) is 2.98. The zero-order chi connectivity index (χ0) is 12.8. The monoisotopic (exact) mass is 267 g/mol. The summed E-state index contributed by atoms with van der Waals surface area (Å²) < 4.78 is 5.12. The van der Waals surface area contributed by atoms with Crippen LogP contribution in [0.15, 0.2) is 22.0 Å². The van der Waals surface area contributed by atoms with Crippen molar-refractivity contribution in [3.8, 4) is 10.8 Å². The van der Waals surface area contributed by atoms with E-state index in [-0.39, 0.29) is 6.42 Å². The lowest BCUT2D eigenvalue weighted by Gasteiger charge is -1.98. The van der Waals surface area contributed by atoms with Gasteiger partial charge in [-0.2, -0.15) is 4.98 Å². The van der Waals surface area contributed by atoms with Crippen LogP contribution in [0.5, 0.6) is 0 Å². The molecule has 0 bridgehead atoms. The Morgan fingerprint density at radius 3 is 3.17 bits per heavy atom. The average molecular weight is 267 g/mol. The molecule has 2 rings (SSSR count). The van der Waals surface area contributed by atoms with E-state index in [1.807, 2.05) is 17.5 Å². The largest absolute Gasteiger partial charge is 0.481 e. The smallest absolute Gasteiger partial charge is 0.303 e. The van der Waals surface area contributed by atoms with Gasteiger partial charge < -0.3 is 14.9 Å². The van der Waals surface area contributed by atoms with Gasteiger partial charge in [-0.1, -0.05) is 11.2 Å². The first kappa shape index (κ1) is 12.7. The van der Waals surface area contributed by atoms with E-state index in [1.165, 1.54) is 0 Å². The third-order valence-electron chi connectivity index (χ3n) is 2.23. The van der Waals surface area contributed by atoms with Gasteiger partial charge in [0, 0.05) is 6.42 Å². The number of aliphatic carboxylic acids is 1. The molecule has 0 aromatic carbocycles. The van der Waals surface area contributed by atoms with Gasteiger partial charge in [0.15, 0.2) is 5.82 Å². The Morgan fingerprint density at radius 1 is 1.56 bits per heavy atom. The fourth-order valence-electron chi connectivity index (χ4n) is 1.39. The summed E-state index contributed by atoms with van der Waals surface area (Å²) in [5.74, 6) is 0.317. The summed E-state index contributed by atoms with van der Waals surface area (Å²) in [6, 6.07) is 3.84. The number of nitrogens with zero attached hydrogens (tertiary/aromatic N) is 2. The third kappa shape index (κ3) is 3.64. The minimum absolute atomic E-state index is 0.166. The van der Waals surface area contributed by atoms with Crippen LogP contribution >= 0.6 is 11.3 Å². The Kier molecular flexibility index (Phi) is 4.43. The molecule has 18 heavy (non-hydrogen) atoms. The van der Waals surface area contributed by atoms with Crippen molar-refractivity contribution in [3.05, 3.63) is 23.3 Å². The van der Waals surface area contributed by atoms with Gasteiger partial charge in [0.05, 0.1) is 11.4 Å². The molecule has 2 aromatic heterocycles. The highest BCUT2D eigenvalue weighted by Crippen LogP contribution is 2.22. The van der Waals surface area contributed by atoms with Crippen molar-refractivity contribution in [2.45, 2.75) is 19.4 Å². The molecule has 7 heteroatoms. The Morgan fingerprint density at radius 2 is 2.44 bits per heavy atom. The minimum atomic E-state index is -0.781. The van der Waals surface area contributed by atoms with Crippen molar-refractivity contribution < 1.29 is 14.4 Å². The third-order valence-corrected chi connectivity index (χ3v) is 3.09. The lowest BCUT2D eigenvalue weighted by Crippen LogP contribution is -2.16. The van der Waals surface area contributed by atoms with Crippen molar-refractivity contribution >= 4 is 17.3 Å². The SMILES string of the molecule is O=C(O)CCCNCc1noc(-c2cccs2)n1. The maximum Gasteiger partial charge on any atom is 0.303 e. The number of hydrogen-bond acceptors (Lipinski definition) is 6. The molecule has 0 fully saturated rings. The van der Waals surface area contributed by atoms with Crippen LogP contribution < -0.4 is 5.32 Å². The highest BCUT2D eigenvalue weighted by molar-refractivity contribution is 7.13. The number of hydrogen-bond donors (Lipinski definition) is 2. The second-order valence-corrected chi connectivity index (χ2v) is 4.61. The maximum atomic E-state index is 10.3. The van der Waals surface area contributed by atoms with Gasteiger partial charge in [-0.25, -0.2) is 0 Å². The summed E-state index contributed by atoms with van der Waals surface area (Å²) >= 11 is 1.54. The van der Waals surface area contributed by atoms with E-state index in [4.69, 9.17) is 9.63 Å². The predicted molar refractivity (Wildman–Crippen MR) is 66.2 cm³/mol. The quantitative estimate of drug-likeness (QED) is 0.743. The van der Waals surface area contributed by atoms with Gasteiger partial charge in [-0.15, -0.1) is 11.3 Å². The Hall–Kier alpha value is -1.73. The van der Waals surface area contributed by atoms with Gasteiger partial charge in [0.2, 0.25) is 0 Å². The molecule has 2 aromatic rings. The van der Waals surface area contributed by atoms with Crippen molar-refractivity contribution in [1.29, 1.82) is 0 Å². The van der Waals surface area contributed by atoms with Gasteiger partial charge >= 0.3 is 5.97 Å². The molecule has 6 nitrogen and oxygen atoms in total. The summed E-state index contributed by atoms with van der Waals surface area (Å²) in [5.41, 5.74) is 0. The van der Waals surface area contributed by atoms with Crippen LogP contribution in [0.4, 0.5) is 0 Å². The number of rotatable bonds is 7. The molecule has 0 amide bonds. The molecular formula is C11H13N3O3S. The molecule has 0 radical (unpaired) electrons. The van der Waals surface area contributed by atoms with Crippen molar-refractivity contribution in [3.63, 3.8) is 0 Å². The molecule has 2 N–H and O–H groups in total. The fourth-order valence-corrected chi connectivity index (χ4v) is 2.04. The number of aromatic nitrogens is 2. The first-order chi connectivity index (χ1) is 8.75. The fraction of sp³-hybridized carbons (Fsp3) is 0.364. The number of carbonyl (C=O) groups is 1. The number of carboxylic acid groups (broad SMARTS) is 1. The van der Waals surface area contributed by atoms with Crippen LogP contribution in [0, 0.1) is 0 Å². The van der Waals surface area contributed by atoms with E-state index >= 15 is 0 Å². The first-order valence-electron chi connectivity index (χ1n) is 5.54. The van der Waals surface area contributed by atoms with Crippen LogP contribution in [0.3, 0.4) is 0 Å². The summed E-state index contributed by atoms with van der Waals surface area (Å²) in [5, 5.41) is 17.3. The van der Waals surface area contributed by atoms with E-state index in [9.17, 15) is 4.79 Å². The van der Waals surface area contributed by atoms with Crippen LogP contribution in [0.2, 0.25) is 0 Å². The number of carboxylic acids is 1. The van der Waals surface area contributed by atoms with Crippen molar-refractivity contribution in [2.75, 3.05) is 6.54 Å². The van der Waals surface area contributed by atoms with Crippen LogP contribution in [0.1, 0.15) is 18.7 Å². The van der Waals surface area contributed by atoms with E-state index < -0.39 is 5.97 Å². The molecule has 0 saturated carbocycles. The molecule has 2 heterocycles. The number of thiophene rings is 1. The van der Waals surface area contributed by atoms with Crippen molar-refractivity contribution in [2.24, 2.45) is 0 Å². The van der Waals surface area contributed by atoms with E-state index in [0.717, 1.165) is 4.88 Å². The molecule has 0 atom stereocenters. The van der Waals surface area contributed by atoms with Gasteiger partial charge in [-0.05, 0) is 24.4 Å². The Balaban J connectivity index is 1.76. The van der Waals surface area contributed by atoms with Crippen LogP contribution in [0.25, 0.3) is 10.8 Å². The van der Waals surface area contributed by atoms with Gasteiger partial charge in [0.1, 0.15) is 0 Å². The number of nitrogens with one attached hydrogen (secondary N) is 1. The molecule has 0 unspecified atom stereocenters. The molecule has 0 saturated heterocycles. The van der Waals surface area contributed by atoms with E-state index in [0.29, 0.717) is 31.2 Å². The molecule has 0 spiro atoms. The van der Waals surface area contributed by atoms with E-state index in [1.54, 1.807) is 11.3 Å². The molecule has 96 valence electrons. The zero-order valence-corrected chi connectivity index (χ0v) is 10.4. The molecular weight excluding hydrogens is 254 g/mol. The first-order valence-corrected chi connectivity index (χ1v) is 6.42. The Labute approximate surface area is 108 Å². The van der Waals surface area contributed by atoms with E-state index in [2.05, 4.69) is 15.5 Å². The highest BCUT2D eigenvalue weighted by atomic mass is 32.1. The molecule has 0 aliphatic rings. The predicted octanol–water partition coefficient (Wildman–Crippen LogP) is 1.75. The van der Waals surface area contributed by atoms with Crippen molar-refractivity contribution in [1.82, 2.24) is 15.5 Å². The normalized spacial score (nSPS) is 10.7. The standard InChI is InChI=1S/C11H13N3O3S/c15-10(16)4-1-5-12-7-9-13-11(17-14-9)8-3-2-6-18-8/h2-3,6,12H,1,4-5,7H2,(H,15,16). The molecule has 0 aliphatic heterocycles. The maximum absolute atomic E-state index is 10.3. The summed E-state index contributed by atoms with van der Waals surface area (Å²) in [6.45, 7) is 1.10. The second kappa shape index (κ2) is 6.27. The minimum Gasteiger partial charge on any atom is -0.481 e.